The molecule has 0 unspecified atom stereocenters. The first-order valence-electron chi connectivity index (χ1n) is 7.64. The summed E-state index contributed by atoms with van der Waals surface area (Å²) >= 11 is 0. The number of hydrogen-bond donors (Lipinski definition) is 0. The van der Waals surface area contributed by atoms with E-state index in [1.807, 2.05) is 61.2 Å². The fourth-order valence-electron chi connectivity index (χ4n) is 2.32. The predicted octanol–water partition coefficient (Wildman–Crippen LogP) is 1.42. The van der Waals surface area contributed by atoms with Crippen molar-refractivity contribution in [2.75, 3.05) is 0 Å². The normalized spacial score (nSPS) is 10.3. The largest absolute Gasteiger partial charge is 0.285 e. The van der Waals surface area contributed by atoms with Crippen LogP contribution in [0.25, 0.3) is 0 Å². The predicted molar refractivity (Wildman–Crippen MR) is 86.2 cm³/mol. The van der Waals surface area contributed by atoms with Crippen LogP contribution in [0.3, 0.4) is 0 Å². The number of nitrogens with zero attached hydrogens (tertiary/aromatic N) is 3. The molecule has 5 nitrogen and oxygen atoms in total. The Bertz CT molecular complexity index is 780. The SMILES string of the molecule is O=C(C[n+]1ccccc1)c1cccc(C(=O)C[n+]2ccccc2)n1. The zero-order chi connectivity index (χ0) is 16.8. The van der Waals surface area contributed by atoms with Crippen molar-refractivity contribution in [3.8, 4) is 0 Å². The highest BCUT2D eigenvalue weighted by atomic mass is 16.1. The van der Waals surface area contributed by atoms with E-state index in [4.69, 9.17) is 0 Å². The molecule has 0 radical (unpaired) electrons. The molecule has 0 aliphatic carbocycles. The van der Waals surface area contributed by atoms with Gasteiger partial charge in [-0.2, -0.15) is 9.13 Å². The van der Waals surface area contributed by atoms with Gasteiger partial charge in [0.05, 0.1) is 0 Å². The van der Waals surface area contributed by atoms with Crippen molar-refractivity contribution < 1.29 is 18.7 Å². The van der Waals surface area contributed by atoms with Gasteiger partial charge < -0.3 is 0 Å². The molecule has 0 atom stereocenters. The number of hydrogen-bond acceptors (Lipinski definition) is 3. The van der Waals surface area contributed by atoms with E-state index in [0.29, 0.717) is 11.4 Å². The third-order valence-electron chi connectivity index (χ3n) is 3.53. The van der Waals surface area contributed by atoms with Crippen LogP contribution in [0, 0.1) is 0 Å². The zero-order valence-electron chi connectivity index (χ0n) is 13.1. The van der Waals surface area contributed by atoms with E-state index >= 15 is 0 Å². The van der Waals surface area contributed by atoms with E-state index in [0.717, 1.165) is 0 Å². The Morgan fingerprint density at radius 1 is 0.667 bits per heavy atom. The number of Topliss-reactive ketones (excluding diaryl/α,β-unsaturated/α-hetero) is 2. The summed E-state index contributed by atoms with van der Waals surface area (Å²) in [4.78, 5) is 28.9. The molecule has 0 spiro atoms. The van der Waals surface area contributed by atoms with Crippen LogP contribution in [0.4, 0.5) is 0 Å². The first kappa shape index (κ1) is 15.7. The second kappa shape index (κ2) is 7.37. The van der Waals surface area contributed by atoms with Gasteiger partial charge in [-0.1, -0.05) is 18.2 Å². The van der Waals surface area contributed by atoms with Crippen LogP contribution in [-0.2, 0) is 13.1 Å². The minimum absolute atomic E-state index is 0.131. The summed E-state index contributed by atoms with van der Waals surface area (Å²) in [6, 6.07) is 16.2. The van der Waals surface area contributed by atoms with Crippen molar-refractivity contribution in [2.24, 2.45) is 0 Å². The molecule has 0 aliphatic rings. The smallest absolute Gasteiger partial charge is 0.245 e. The average molecular weight is 319 g/mol. The van der Waals surface area contributed by atoms with Crippen molar-refractivity contribution >= 4 is 11.6 Å². The van der Waals surface area contributed by atoms with Crippen LogP contribution >= 0.6 is 0 Å². The molecule has 5 heteroatoms. The monoisotopic (exact) mass is 319 g/mol. The number of ketones is 2. The Morgan fingerprint density at radius 3 is 1.50 bits per heavy atom. The summed E-state index contributed by atoms with van der Waals surface area (Å²) in [7, 11) is 0. The summed E-state index contributed by atoms with van der Waals surface area (Å²) in [5, 5.41) is 0. The Kier molecular flexibility index (Phi) is 4.81. The molecule has 0 saturated carbocycles. The highest BCUT2D eigenvalue weighted by molar-refractivity contribution is 5.97. The van der Waals surface area contributed by atoms with Gasteiger partial charge in [0.2, 0.25) is 24.7 Å². The lowest BCUT2D eigenvalue weighted by Crippen LogP contribution is -2.38. The molecule has 24 heavy (non-hydrogen) atoms. The molecule has 0 aromatic carbocycles. The highest BCUT2D eigenvalue weighted by Crippen LogP contribution is 2.02. The standard InChI is InChI=1S/C19H17N3O2/c23-18(14-21-10-3-1-4-11-21)16-8-7-9-17(20-16)19(24)15-22-12-5-2-6-13-22/h1-13H,14-15H2/q+2. The van der Waals surface area contributed by atoms with Gasteiger partial charge in [-0.3, -0.25) is 9.59 Å². The third-order valence-corrected chi connectivity index (χ3v) is 3.53. The summed E-state index contributed by atoms with van der Waals surface area (Å²) in [5.41, 5.74) is 0.602. The maximum atomic E-state index is 12.3. The fourth-order valence-corrected chi connectivity index (χ4v) is 2.32. The van der Waals surface area contributed by atoms with Gasteiger partial charge in [0.25, 0.3) is 0 Å². The van der Waals surface area contributed by atoms with E-state index in [1.165, 1.54) is 0 Å². The number of rotatable bonds is 6. The van der Waals surface area contributed by atoms with Crippen molar-refractivity contribution in [3.63, 3.8) is 0 Å². The molecule has 0 saturated heterocycles. The van der Waals surface area contributed by atoms with E-state index in [9.17, 15) is 9.59 Å². The number of pyridine rings is 3. The molecule has 3 rings (SSSR count). The molecule has 3 aromatic rings. The van der Waals surface area contributed by atoms with Gasteiger partial charge in [-0.05, 0) is 12.1 Å². The highest BCUT2D eigenvalue weighted by Gasteiger charge is 2.17. The fraction of sp³-hybridized carbons (Fsp3) is 0.105. The van der Waals surface area contributed by atoms with E-state index in [-0.39, 0.29) is 24.7 Å². The number of carbonyl (C=O) groups is 2. The minimum atomic E-state index is -0.131. The Hall–Kier alpha value is -3.21. The van der Waals surface area contributed by atoms with Gasteiger partial charge in [0.1, 0.15) is 11.4 Å². The maximum absolute atomic E-state index is 12.3. The molecule has 3 heterocycles. The van der Waals surface area contributed by atoms with Crippen LogP contribution in [-0.4, -0.2) is 16.6 Å². The van der Waals surface area contributed by atoms with E-state index in [1.54, 1.807) is 27.3 Å². The molecule has 0 amide bonds. The van der Waals surface area contributed by atoms with Gasteiger partial charge in [-0.15, -0.1) is 0 Å². The zero-order valence-corrected chi connectivity index (χ0v) is 13.1. The van der Waals surface area contributed by atoms with Crippen molar-refractivity contribution in [2.45, 2.75) is 13.1 Å². The van der Waals surface area contributed by atoms with E-state index < -0.39 is 0 Å². The molecule has 0 aliphatic heterocycles. The van der Waals surface area contributed by atoms with Crippen molar-refractivity contribution in [1.29, 1.82) is 0 Å². The topological polar surface area (TPSA) is 54.8 Å². The molecule has 0 fully saturated rings. The molecule has 0 bridgehead atoms. The Balaban J connectivity index is 1.74. The summed E-state index contributed by atoms with van der Waals surface area (Å²) in [6.45, 7) is 0.387. The minimum Gasteiger partial charge on any atom is -0.285 e. The quantitative estimate of drug-likeness (QED) is 0.510. The third kappa shape index (κ3) is 3.95. The van der Waals surface area contributed by atoms with Crippen LogP contribution in [0.1, 0.15) is 21.0 Å². The summed E-state index contributed by atoms with van der Waals surface area (Å²) in [6.07, 6.45) is 7.27. The summed E-state index contributed by atoms with van der Waals surface area (Å²) < 4.78 is 3.55. The van der Waals surface area contributed by atoms with Crippen LogP contribution in [0.15, 0.2) is 79.4 Å². The van der Waals surface area contributed by atoms with Crippen molar-refractivity contribution in [1.82, 2.24) is 4.98 Å². The molecular weight excluding hydrogens is 302 g/mol. The Labute approximate surface area is 139 Å². The molecule has 0 N–H and O–H groups in total. The second-order valence-corrected chi connectivity index (χ2v) is 5.35. The first-order valence-corrected chi connectivity index (χ1v) is 7.64. The first-order chi connectivity index (χ1) is 11.7. The summed E-state index contributed by atoms with van der Waals surface area (Å²) in [5.74, 6) is -0.263. The average Bonchev–Trinajstić information content (AvgIpc) is 2.63. The lowest BCUT2D eigenvalue weighted by Gasteiger charge is -2.01. The molecular formula is C19H17N3O2+2. The second-order valence-electron chi connectivity index (χ2n) is 5.35. The molecule has 3 aromatic heterocycles. The van der Waals surface area contributed by atoms with E-state index in [2.05, 4.69) is 4.98 Å². The van der Waals surface area contributed by atoms with Gasteiger partial charge in [0.15, 0.2) is 24.8 Å². The van der Waals surface area contributed by atoms with Gasteiger partial charge in [-0.25, -0.2) is 4.98 Å². The van der Waals surface area contributed by atoms with Gasteiger partial charge in [0, 0.05) is 24.3 Å². The lowest BCUT2D eigenvalue weighted by atomic mass is 10.2. The maximum Gasteiger partial charge on any atom is 0.245 e. The van der Waals surface area contributed by atoms with Crippen LogP contribution < -0.4 is 9.13 Å². The van der Waals surface area contributed by atoms with Gasteiger partial charge >= 0.3 is 0 Å². The van der Waals surface area contributed by atoms with Crippen molar-refractivity contribution in [3.05, 3.63) is 90.8 Å². The van der Waals surface area contributed by atoms with Crippen LogP contribution in [0.5, 0.6) is 0 Å². The van der Waals surface area contributed by atoms with Crippen LogP contribution in [0.2, 0.25) is 0 Å². The number of carbonyl (C=O) groups excluding carboxylic acids is 2. The number of aromatic nitrogens is 3. The molecule has 118 valence electrons. The Morgan fingerprint density at radius 2 is 1.08 bits per heavy atom. The lowest BCUT2D eigenvalue weighted by molar-refractivity contribution is -0.683.